The van der Waals surface area contributed by atoms with Gasteiger partial charge in [0, 0.05) is 6.54 Å². The molecule has 2 aromatic carbocycles. The Morgan fingerprint density at radius 2 is 2.11 bits per heavy atom. The van der Waals surface area contributed by atoms with Crippen molar-refractivity contribution in [1.29, 1.82) is 0 Å². The maximum Gasteiger partial charge on any atom is 0.339 e. The van der Waals surface area contributed by atoms with Crippen LogP contribution in [0.5, 0.6) is 5.75 Å². The van der Waals surface area contributed by atoms with Crippen molar-refractivity contribution in [3.8, 4) is 5.75 Å². The highest BCUT2D eigenvalue weighted by Gasteiger charge is 2.26. The first-order valence-corrected chi connectivity index (χ1v) is 10.5. The molecule has 0 fully saturated rings. The monoisotopic (exact) mass is 403 g/mol. The van der Waals surface area contributed by atoms with Crippen molar-refractivity contribution >= 4 is 37.6 Å². The average Bonchev–Trinajstić information content (AvgIpc) is 2.99. The van der Waals surface area contributed by atoms with Gasteiger partial charge in [0.15, 0.2) is 0 Å². The Balaban J connectivity index is 1.68. The van der Waals surface area contributed by atoms with Crippen LogP contribution in [0.4, 0.5) is 0 Å². The normalized spacial score (nSPS) is 16.9. The number of hydrogen-bond donors (Lipinski definition) is 2. The van der Waals surface area contributed by atoms with Crippen molar-refractivity contribution in [2.24, 2.45) is 5.73 Å². The minimum Gasteiger partial charge on any atom is -0.379 e. The average molecular weight is 403 g/mol. The lowest BCUT2D eigenvalue weighted by Crippen LogP contribution is -2.38. The van der Waals surface area contributed by atoms with E-state index in [9.17, 15) is 13.2 Å². The topological polar surface area (TPSA) is 111 Å². The molecule has 9 heteroatoms. The van der Waals surface area contributed by atoms with Crippen LogP contribution in [0.25, 0.3) is 10.2 Å². The summed E-state index contributed by atoms with van der Waals surface area (Å²) in [5.74, 6) is -0.369. The van der Waals surface area contributed by atoms with Gasteiger partial charge < -0.3 is 15.2 Å². The summed E-state index contributed by atoms with van der Waals surface area (Å²) < 4.78 is 31.5. The Hall–Kier alpha value is -2.49. The van der Waals surface area contributed by atoms with E-state index in [0.29, 0.717) is 12.1 Å². The number of aromatic nitrogens is 1. The molecule has 0 saturated heterocycles. The largest absolute Gasteiger partial charge is 0.379 e. The van der Waals surface area contributed by atoms with Gasteiger partial charge in [-0.05, 0) is 54.8 Å². The highest BCUT2D eigenvalue weighted by atomic mass is 32.2. The number of rotatable bonds is 4. The third-order valence-corrected chi connectivity index (χ3v) is 6.59. The molecular formula is C18H17N3O4S2. The number of nitrogens with zero attached hydrogens (tertiary/aromatic N) is 1. The smallest absolute Gasteiger partial charge is 0.339 e. The number of fused-ring (bicyclic) bond motifs is 2. The zero-order valence-corrected chi connectivity index (χ0v) is 16.1. The molecular weight excluding hydrogens is 386 g/mol. The first kappa shape index (κ1) is 17.9. The van der Waals surface area contributed by atoms with Gasteiger partial charge in [-0.1, -0.05) is 6.07 Å². The molecule has 0 bridgehead atoms. The van der Waals surface area contributed by atoms with Crippen LogP contribution in [0.3, 0.4) is 0 Å². The van der Waals surface area contributed by atoms with E-state index in [2.05, 4.69) is 10.3 Å². The fraction of sp³-hybridized carbons (Fsp3) is 0.222. The predicted molar refractivity (Wildman–Crippen MR) is 102 cm³/mol. The molecule has 7 nitrogen and oxygen atoms in total. The molecule has 0 radical (unpaired) electrons. The Bertz CT molecular complexity index is 1150. The number of carbonyl (C=O) groups is 1. The van der Waals surface area contributed by atoms with Crippen LogP contribution in [0, 0.1) is 6.92 Å². The molecule has 1 aromatic heterocycles. The molecule has 1 aliphatic heterocycles. The van der Waals surface area contributed by atoms with Crippen LogP contribution in [-0.2, 0) is 21.3 Å². The van der Waals surface area contributed by atoms with Crippen molar-refractivity contribution in [3.63, 3.8) is 0 Å². The molecule has 0 aliphatic carbocycles. The number of amides is 1. The SMILES string of the molecule is Cc1nc2ccc(S(=O)(=O)Oc3ccc4c(c3)C(C(N)=O)NCC4)cc2s1. The fourth-order valence-electron chi connectivity index (χ4n) is 3.19. The standard InChI is InChI=1S/C18H17N3O4S2/c1-10-21-15-5-4-13(9-16(15)26-10)27(23,24)25-12-3-2-11-6-7-20-17(18(19)22)14(11)8-12/h2-5,8-9,17,20H,6-7H2,1H3,(H2,19,22). The summed E-state index contributed by atoms with van der Waals surface area (Å²) in [4.78, 5) is 16.0. The third kappa shape index (κ3) is 3.41. The molecule has 1 atom stereocenters. The van der Waals surface area contributed by atoms with Gasteiger partial charge in [0.2, 0.25) is 5.91 Å². The van der Waals surface area contributed by atoms with E-state index in [1.165, 1.54) is 17.4 Å². The van der Waals surface area contributed by atoms with E-state index < -0.39 is 22.1 Å². The Labute approximate surface area is 160 Å². The van der Waals surface area contributed by atoms with Crippen LogP contribution in [0.1, 0.15) is 22.2 Å². The Morgan fingerprint density at radius 1 is 1.30 bits per heavy atom. The van der Waals surface area contributed by atoms with Crippen molar-refractivity contribution in [1.82, 2.24) is 10.3 Å². The summed E-state index contributed by atoms with van der Waals surface area (Å²) >= 11 is 1.42. The van der Waals surface area contributed by atoms with Gasteiger partial charge >= 0.3 is 10.1 Å². The summed E-state index contributed by atoms with van der Waals surface area (Å²) in [5, 5.41) is 3.90. The molecule has 2 heterocycles. The minimum absolute atomic E-state index is 0.0564. The summed E-state index contributed by atoms with van der Waals surface area (Å²) in [6.07, 6.45) is 0.730. The lowest BCUT2D eigenvalue weighted by molar-refractivity contribution is -0.120. The van der Waals surface area contributed by atoms with Gasteiger partial charge in [0.05, 0.1) is 15.2 Å². The molecule has 0 saturated carbocycles. The number of carbonyl (C=O) groups excluding carboxylic acids is 1. The third-order valence-electron chi connectivity index (χ3n) is 4.42. The molecule has 1 unspecified atom stereocenters. The number of aryl methyl sites for hydroxylation is 1. The highest BCUT2D eigenvalue weighted by molar-refractivity contribution is 7.87. The van der Waals surface area contributed by atoms with Crippen molar-refractivity contribution in [3.05, 3.63) is 52.5 Å². The number of nitrogens with one attached hydrogen (secondary N) is 1. The molecule has 0 spiro atoms. The van der Waals surface area contributed by atoms with Crippen molar-refractivity contribution in [2.45, 2.75) is 24.3 Å². The number of primary amides is 1. The van der Waals surface area contributed by atoms with Gasteiger partial charge in [-0.3, -0.25) is 4.79 Å². The summed E-state index contributed by atoms with van der Waals surface area (Å²) in [5.41, 5.74) is 7.79. The first-order chi connectivity index (χ1) is 12.8. The Kier molecular flexibility index (Phi) is 4.37. The first-order valence-electron chi connectivity index (χ1n) is 8.31. The number of thiazole rings is 1. The predicted octanol–water partition coefficient (Wildman–Crippen LogP) is 2.04. The molecule has 3 N–H and O–H groups in total. The van der Waals surface area contributed by atoms with Gasteiger partial charge in [-0.2, -0.15) is 8.42 Å². The zero-order valence-electron chi connectivity index (χ0n) is 14.4. The van der Waals surface area contributed by atoms with E-state index in [1.54, 1.807) is 30.3 Å². The molecule has 1 aliphatic rings. The van der Waals surface area contributed by atoms with Crippen LogP contribution < -0.4 is 15.2 Å². The Morgan fingerprint density at radius 3 is 2.89 bits per heavy atom. The second-order valence-electron chi connectivity index (χ2n) is 6.30. The van der Waals surface area contributed by atoms with E-state index in [0.717, 1.165) is 27.2 Å². The number of benzene rings is 2. The molecule has 1 amide bonds. The van der Waals surface area contributed by atoms with E-state index in [4.69, 9.17) is 9.92 Å². The lowest BCUT2D eigenvalue weighted by atomic mass is 9.94. The molecule has 4 rings (SSSR count). The summed E-state index contributed by atoms with van der Waals surface area (Å²) in [7, 11) is -4.02. The van der Waals surface area contributed by atoms with E-state index in [-0.39, 0.29) is 10.6 Å². The second kappa shape index (κ2) is 6.59. The van der Waals surface area contributed by atoms with Gasteiger partial charge in [0.25, 0.3) is 0 Å². The lowest BCUT2D eigenvalue weighted by Gasteiger charge is -2.25. The highest BCUT2D eigenvalue weighted by Crippen LogP contribution is 2.30. The van der Waals surface area contributed by atoms with Crippen LogP contribution in [0.2, 0.25) is 0 Å². The maximum absolute atomic E-state index is 12.7. The van der Waals surface area contributed by atoms with E-state index >= 15 is 0 Å². The minimum atomic E-state index is -4.02. The van der Waals surface area contributed by atoms with Crippen molar-refractivity contribution < 1.29 is 17.4 Å². The van der Waals surface area contributed by atoms with Crippen LogP contribution >= 0.6 is 11.3 Å². The quantitative estimate of drug-likeness (QED) is 0.645. The molecule has 27 heavy (non-hydrogen) atoms. The number of hydrogen-bond acceptors (Lipinski definition) is 7. The second-order valence-corrected chi connectivity index (χ2v) is 9.08. The number of nitrogens with two attached hydrogens (primary N) is 1. The zero-order chi connectivity index (χ0) is 19.2. The fourth-order valence-corrected chi connectivity index (χ4v) is 5.08. The van der Waals surface area contributed by atoms with Crippen molar-refractivity contribution in [2.75, 3.05) is 6.54 Å². The van der Waals surface area contributed by atoms with E-state index in [1.807, 2.05) is 6.92 Å². The maximum atomic E-state index is 12.7. The summed E-state index contributed by atoms with van der Waals surface area (Å²) in [6.45, 7) is 2.50. The van der Waals surface area contributed by atoms with Crippen LogP contribution in [-0.4, -0.2) is 25.9 Å². The van der Waals surface area contributed by atoms with Crippen LogP contribution in [0.15, 0.2) is 41.3 Å². The van der Waals surface area contributed by atoms with Gasteiger partial charge in [-0.15, -0.1) is 11.3 Å². The molecule has 140 valence electrons. The molecule has 3 aromatic rings. The van der Waals surface area contributed by atoms with Gasteiger partial charge in [-0.25, -0.2) is 4.98 Å². The van der Waals surface area contributed by atoms with Gasteiger partial charge in [0.1, 0.15) is 16.7 Å². The summed E-state index contributed by atoms with van der Waals surface area (Å²) in [6, 6.07) is 8.96.